The van der Waals surface area contributed by atoms with E-state index in [9.17, 15) is 5.11 Å². The summed E-state index contributed by atoms with van der Waals surface area (Å²) < 4.78 is 0.911. The number of pyridine rings is 1. The Hall–Kier alpha value is -1.19. The largest absolute Gasteiger partial charge is 0.384 e. The topological polar surface area (TPSA) is 33.1 Å². The van der Waals surface area contributed by atoms with Gasteiger partial charge in [-0.1, -0.05) is 34.1 Å². The molecule has 76 valence electrons. The van der Waals surface area contributed by atoms with Crippen LogP contribution in [0.2, 0.25) is 0 Å². The van der Waals surface area contributed by atoms with Crippen LogP contribution in [0.4, 0.5) is 0 Å². The van der Waals surface area contributed by atoms with E-state index in [4.69, 9.17) is 0 Å². The van der Waals surface area contributed by atoms with E-state index in [1.54, 1.807) is 12.4 Å². The van der Waals surface area contributed by atoms with Gasteiger partial charge in [-0.05, 0) is 29.3 Å². The second-order valence-corrected chi connectivity index (χ2v) is 4.06. The van der Waals surface area contributed by atoms with Gasteiger partial charge in [-0.15, -0.1) is 0 Å². The minimum absolute atomic E-state index is 0.608. The van der Waals surface area contributed by atoms with Gasteiger partial charge in [0.1, 0.15) is 6.10 Å². The number of nitrogens with zero attached hydrogens (tertiary/aromatic N) is 1. The zero-order valence-corrected chi connectivity index (χ0v) is 9.55. The summed E-state index contributed by atoms with van der Waals surface area (Å²) in [5.41, 5.74) is 1.71. The van der Waals surface area contributed by atoms with Crippen LogP contribution in [0.1, 0.15) is 17.2 Å². The summed E-state index contributed by atoms with van der Waals surface area (Å²) in [5.74, 6) is 0. The van der Waals surface area contributed by atoms with E-state index in [1.165, 1.54) is 0 Å². The fourth-order valence-corrected chi connectivity index (χ4v) is 1.92. The molecule has 0 fully saturated rings. The van der Waals surface area contributed by atoms with E-state index < -0.39 is 6.10 Å². The Bertz CT molecular complexity index is 444. The molecule has 2 aromatic rings. The molecule has 1 N–H and O–H groups in total. The van der Waals surface area contributed by atoms with Gasteiger partial charge < -0.3 is 5.11 Å². The molecule has 1 heterocycles. The summed E-state index contributed by atoms with van der Waals surface area (Å²) in [6, 6.07) is 11.3. The van der Waals surface area contributed by atoms with Gasteiger partial charge in [0.05, 0.1) is 0 Å². The molecule has 0 aliphatic heterocycles. The molecule has 2 rings (SSSR count). The lowest BCUT2D eigenvalue weighted by Gasteiger charge is -2.12. The second kappa shape index (κ2) is 4.55. The predicted octanol–water partition coefficient (Wildman–Crippen LogP) is 2.93. The molecular weight excluding hydrogens is 254 g/mol. The highest BCUT2D eigenvalue weighted by atomic mass is 79.9. The number of rotatable bonds is 2. The lowest BCUT2D eigenvalue weighted by molar-refractivity contribution is 0.219. The fourth-order valence-electron chi connectivity index (χ4n) is 1.42. The first-order valence-electron chi connectivity index (χ1n) is 4.61. The SMILES string of the molecule is OC(c1ccncc1)c1ccccc1Br. The number of benzene rings is 1. The molecule has 0 saturated carbocycles. The van der Waals surface area contributed by atoms with Crippen LogP contribution in [0.3, 0.4) is 0 Å². The smallest absolute Gasteiger partial charge is 0.105 e. The highest BCUT2D eigenvalue weighted by molar-refractivity contribution is 9.10. The number of halogens is 1. The maximum Gasteiger partial charge on any atom is 0.105 e. The Kier molecular flexibility index (Phi) is 3.14. The van der Waals surface area contributed by atoms with Crippen molar-refractivity contribution in [1.82, 2.24) is 4.98 Å². The van der Waals surface area contributed by atoms with Crippen molar-refractivity contribution < 1.29 is 5.11 Å². The average molecular weight is 264 g/mol. The van der Waals surface area contributed by atoms with Crippen molar-refractivity contribution >= 4 is 15.9 Å². The molecule has 0 bridgehead atoms. The monoisotopic (exact) mass is 263 g/mol. The van der Waals surface area contributed by atoms with Crippen molar-refractivity contribution in [1.29, 1.82) is 0 Å². The third-order valence-electron chi connectivity index (χ3n) is 2.22. The molecule has 2 nitrogen and oxygen atoms in total. The van der Waals surface area contributed by atoms with Gasteiger partial charge in [0.15, 0.2) is 0 Å². The van der Waals surface area contributed by atoms with Crippen molar-refractivity contribution in [3.8, 4) is 0 Å². The van der Waals surface area contributed by atoms with Crippen molar-refractivity contribution in [3.05, 3.63) is 64.4 Å². The van der Waals surface area contributed by atoms with E-state index in [2.05, 4.69) is 20.9 Å². The zero-order chi connectivity index (χ0) is 10.7. The number of aromatic nitrogens is 1. The Morgan fingerprint density at radius 2 is 1.73 bits per heavy atom. The third-order valence-corrected chi connectivity index (χ3v) is 2.94. The van der Waals surface area contributed by atoms with Crippen LogP contribution in [0.25, 0.3) is 0 Å². The van der Waals surface area contributed by atoms with Crippen molar-refractivity contribution in [3.63, 3.8) is 0 Å². The molecule has 15 heavy (non-hydrogen) atoms. The first kappa shape index (κ1) is 10.3. The number of aliphatic hydroxyl groups excluding tert-OH is 1. The predicted molar refractivity (Wildman–Crippen MR) is 62.4 cm³/mol. The lowest BCUT2D eigenvalue weighted by Crippen LogP contribution is -2.00. The van der Waals surface area contributed by atoms with E-state index in [1.807, 2.05) is 36.4 Å². The maximum absolute atomic E-state index is 10.1. The molecular formula is C12H10BrNO. The Labute approximate surface area is 96.7 Å². The Morgan fingerprint density at radius 3 is 2.40 bits per heavy atom. The molecule has 1 aromatic carbocycles. The van der Waals surface area contributed by atoms with Crippen LogP contribution in [-0.4, -0.2) is 10.1 Å². The van der Waals surface area contributed by atoms with Crippen LogP contribution in [0.5, 0.6) is 0 Å². The van der Waals surface area contributed by atoms with Gasteiger partial charge in [0.2, 0.25) is 0 Å². The molecule has 3 heteroatoms. The van der Waals surface area contributed by atoms with E-state index in [-0.39, 0.29) is 0 Å². The third kappa shape index (κ3) is 2.25. The number of aliphatic hydroxyl groups is 1. The molecule has 0 radical (unpaired) electrons. The molecule has 1 atom stereocenters. The molecule has 0 aliphatic rings. The van der Waals surface area contributed by atoms with Crippen LogP contribution >= 0.6 is 15.9 Å². The van der Waals surface area contributed by atoms with Crippen molar-refractivity contribution in [2.45, 2.75) is 6.10 Å². The highest BCUT2D eigenvalue weighted by Gasteiger charge is 2.12. The average Bonchev–Trinajstić information content (AvgIpc) is 2.30. The van der Waals surface area contributed by atoms with Gasteiger partial charge in [-0.3, -0.25) is 4.98 Å². The van der Waals surface area contributed by atoms with Crippen LogP contribution in [-0.2, 0) is 0 Å². The van der Waals surface area contributed by atoms with Crippen LogP contribution < -0.4 is 0 Å². The summed E-state index contributed by atoms with van der Waals surface area (Å²) in [6.45, 7) is 0. The van der Waals surface area contributed by atoms with Gasteiger partial charge >= 0.3 is 0 Å². The minimum atomic E-state index is -0.608. The Balaban J connectivity index is 2.37. The van der Waals surface area contributed by atoms with Gasteiger partial charge in [-0.25, -0.2) is 0 Å². The van der Waals surface area contributed by atoms with Gasteiger partial charge in [-0.2, -0.15) is 0 Å². The van der Waals surface area contributed by atoms with Crippen LogP contribution in [0.15, 0.2) is 53.3 Å². The number of hydrogen-bond acceptors (Lipinski definition) is 2. The van der Waals surface area contributed by atoms with E-state index >= 15 is 0 Å². The van der Waals surface area contributed by atoms with Crippen LogP contribution in [0, 0.1) is 0 Å². The first-order chi connectivity index (χ1) is 7.29. The molecule has 0 saturated heterocycles. The van der Waals surface area contributed by atoms with Gasteiger partial charge in [0, 0.05) is 16.9 Å². The fraction of sp³-hybridized carbons (Fsp3) is 0.0833. The van der Waals surface area contributed by atoms with Crippen molar-refractivity contribution in [2.24, 2.45) is 0 Å². The lowest BCUT2D eigenvalue weighted by atomic mass is 10.0. The zero-order valence-electron chi connectivity index (χ0n) is 7.97. The minimum Gasteiger partial charge on any atom is -0.384 e. The molecule has 0 aliphatic carbocycles. The summed E-state index contributed by atoms with van der Waals surface area (Å²) in [7, 11) is 0. The maximum atomic E-state index is 10.1. The molecule has 1 unspecified atom stereocenters. The molecule has 0 spiro atoms. The summed E-state index contributed by atoms with van der Waals surface area (Å²) in [4.78, 5) is 3.92. The summed E-state index contributed by atoms with van der Waals surface area (Å²) in [5, 5.41) is 10.1. The summed E-state index contributed by atoms with van der Waals surface area (Å²) >= 11 is 3.42. The quantitative estimate of drug-likeness (QED) is 0.904. The highest BCUT2D eigenvalue weighted by Crippen LogP contribution is 2.27. The summed E-state index contributed by atoms with van der Waals surface area (Å²) in [6.07, 6.45) is 2.74. The van der Waals surface area contributed by atoms with Crippen molar-refractivity contribution in [2.75, 3.05) is 0 Å². The Morgan fingerprint density at radius 1 is 1.07 bits per heavy atom. The van der Waals surface area contributed by atoms with E-state index in [0.29, 0.717) is 0 Å². The number of hydrogen-bond donors (Lipinski definition) is 1. The normalized spacial score (nSPS) is 12.4. The van der Waals surface area contributed by atoms with E-state index in [0.717, 1.165) is 15.6 Å². The standard InChI is InChI=1S/C12H10BrNO/c13-11-4-2-1-3-10(11)12(15)9-5-7-14-8-6-9/h1-8,12,15H. The van der Waals surface area contributed by atoms with Gasteiger partial charge in [0.25, 0.3) is 0 Å². The molecule has 0 amide bonds. The first-order valence-corrected chi connectivity index (χ1v) is 5.41. The molecule has 1 aromatic heterocycles. The second-order valence-electron chi connectivity index (χ2n) is 3.20.